The fourth-order valence-corrected chi connectivity index (χ4v) is 5.76. The van der Waals surface area contributed by atoms with Gasteiger partial charge in [0.2, 0.25) is 0 Å². The number of carbonyl (C=O) groups is 2. The van der Waals surface area contributed by atoms with Gasteiger partial charge in [-0.3, -0.25) is 9.05 Å². The first-order valence-electron chi connectivity index (χ1n) is 21.3. The molecule has 0 rings (SSSR count). The van der Waals surface area contributed by atoms with E-state index < -0.39 is 39.1 Å². The van der Waals surface area contributed by atoms with Crippen molar-refractivity contribution >= 4 is 19.8 Å². The molecule has 0 spiro atoms. The molecule has 0 aromatic rings. The highest BCUT2D eigenvalue weighted by Gasteiger charge is 2.25. The van der Waals surface area contributed by atoms with Gasteiger partial charge in [-0.1, -0.05) is 225 Å². The van der Waals surface area contributed by atoms with E-state index in [4.69, 9.17) is 18.5 Å². The average Bonchev–Trinajstić information content (AvgIpc) is 3.20. The van der Waals surface area contributed by atoms with Crippen molar-refractivity contribution in [2.45, 2.75) is 130 Å². The molecule has 58 heavy (non-hydrogen) atoms. The quantitative estimate of drug-likeness (QED) is 0.0219. The molecule has 1 unspecified atom stereocenters. The summed E-state index contributed by atoms with van der Waals surface area (Å²) in [5, 5.41) is 0. The van der Waals surface area contributed by atoms with Crippen molar-refractivity contribution in [2.24, 2.45) is 0 Å². The number of hydrogen-bond donors (Lipinski definition) is 1. The number of phosphoric acid groups is 1. The highest BCUT2D eigenvalue weighted by molar-refractivity contribution is 7.47. The maximum Gasteiger partial charge on any atom is 0.472 e. The van der Waals surface area contributed by atoms with Crippen molar-refractivity contribution in [1.29, 1.82) is 0 Å². The second-order valence-electron chi connectivity index (χ2n) is 13.3. The Labute approximate surface area is 351 Å². The minimum atomic E-state index is -4.37. The molecule has 9 heteroatoms. The number of carbonyl (C=O) groups excluding carboxylic acids is 2. The molecule has 0 bridgehead atoms. The van der Waals surface area contributed by atoms with E-state index in [1.807, 2.05) is 72.9 Å². The second-order valence-corrected chi connectivity index (χ2v) is 14.8. The molecule has 1 N–H and O–H groups in total. The molecule has 0 radical (unpaired) electrons. The summed E-state index contributed by atoms with van der Waals surface area (Å²) in [6, 6.07) is 0. The van der Waals surface area contributed by atoms with Crippen LogP contribution in [0.5, 0.6) is 0 Å². The Kier molecular flexibility index (Phi) is 39.5. The van der Waals surface area contributed by atoms with Crippen LogP contribution in [0, 0.1) is 0 Å². The lowest BCUT2D eigenvalue weighted by Gasteiger charge is -2.18. The van der Waals surface area contributed by atoms with Crippen molar-refractivity contribution in [3.8, 4) is 0 Å². The van der Waals surface area contributed by atoms with Crippen molar-refractivity contribution < 1.29 is 37.6 Å². The Morgan fingerprint density at radius 2 is 0.828 bits per heavy atom. The Hall–Kier alpha value is -4.07. The lowest BCUT2D eigenvalue weighted by molar-refractivity contribution is -0.154. The smallest absolute Gasteiger partial charge is 0.458 e. The van der Waals surface area contributed by atoms with Crippen LogP contribution in [0.1, 0.15) is 124 Å². The molecule has 0 saturated carbocycles. The van der Waals surface area contributed by atoms with Gasteiger partial charge in [0.05, 0.1) is 13.2 Å². The molecule has 8 nitrogen and oxygen atoms in total. The Morgan fingerprint density at radius 3 is 1.24 bits per heavy atom. The van der Waals surface area contributed by atoms with Crippen molar-refractivity contribution in [2.75, 3.05) is 19.8 Å². The van der Waals surface area contributed by atoms with Gasteiger partial charge in [0.15, 0.2) is 6.10 Å². The second kappa shape index (κ2) is 42.5. The van der Waals surface area contributed by atoms with Crippen LogP contribution in [-0.2, 0) is 32.7 Å². The number of hydrogen-bond acceptors (Lipinski definition) is 7. The summed E-state index contributed by atoms with van der Waals surface area (Å²) in [6.07, 6.45) is 63.3. The van der Waals surface area contributed by atoms with Gasteiger partial charge in [-0.15, -0.1) is 0 Å². The van der Waals surface area contributed by atoms with Crippen LogP contribution < -0.4 is 0 Å². The SMILES string of the molecule is CCCCCCCCCC=CC=CC=CC=CC=CC=CC(=O)OC[C@H](COP(=O)(O)OCC)OC(=O)C=CC=CC=CC=CC=CC=CCCCCCCCCC. The molecular weight excluding hydrogens is 748 g/mol. The first kappa shape index (κ1) is 53.9. The van der Waals surface area contributed by atoms with Crippen LogP contribution in [0.15, 0.2) is 146 Å². The van der Waals surface area contributed by atoms with Crippen LogP contribution in [0.2, 0.25) is 0 Å². The monoisotopic (exact) mass is 821 g/mol. The molecule has 0 aliphatic rings. The molecule has 0 saturated heterocycles. The summed E-state index contributed by atoms with van der Waals surface area (Å²) in [4.78, 5) is 34.4. The number of rotatable bonds is 36. The molecule has 0 heterocycles. The molecule has 2 atom stereocenters. The number of ether oxygens (including phenoxy) is 2. The van der Waals surface area contributed by atoms with Gasteiger partial charge in [-0.25, -0.2) is 14.2 Å². The van der Waals surface area contributed by atoms with Gasteiger partial charge in [-0.2, -0.15) is 0 Å². The minimum Gasteiger partial charge on any atom is -0.458 e. The maximum atomic E-state index is 12.4. The first-order valence-corrected chi connectivity index (χ1v) is 22.8. The predicted octanol–water partition coefficient (Wildman–Crippen LogP) is 13.6. The topological polar surface area (TPSA) is 108 Å². The lowest BCUT2D eigenvalue weighted by atomic mass is 10.1. The number of allylic oxidation sites excluding steroid dienone is 22. The maximum absolute atomic E-state index is 12.4. The van der Waals surface area contributed by atoms with E-state index in [9.17, 15) is 19.0 Å². The molecule has 0 aliphatic heterocycles. The third-order valence-corrected chi connectivity index (χ3v) is 9.16. The average molecular weight is 821 g/mol. The van der Waals surface area contributed by atoms with Crippen LogP contribution in [0.4, 0.5) is 0 Å². The normalized spacial score (nSPS) is 14.8. The van der Waals surface area contributed by atoms with Crippen molar-refractivity contribution in [3.05, 3.63) is 146 Å². The van der Waals surface area contributed by atoms with Gasteiger partial charge in [0.1, 0.15) is 6.61 Å². The largest absolute Gasteiger partial charge is 0.472 e. The third kappa shape index (κ3) is 41.6. The standard InChI is InChI=1S/C49H73O8P/c1-4-7-9-11-13-15-17-19-21-23-25-27-29-31-33-35-37-39-41-43-48(50)54-45-47(46-56-58(52,53)55-6-3)57-49(51)44-42-40-38-36-34-32-30-28-26-24-22-20-18-16-14-12-10-8-5-2/h21-44,47H,4-20,45-46H2,1-3H3,(H,52,53)/t47-/m1/s1. The van der Waals surface area contributed by atoms with Crippen LogP contribution in [0.25, 0.3) is 0 Å². The Bertz CT molecular complexity index is 1440. The fourth-order valence-electron chi connectivity index (χ4n) is 5.00. The molecule has 0 aromatic carbocycles. The van der Waals surface area contributed by atoms with Gasteiger partial charge in [0, 0.05) is 12.2 Å². The Morgan fingerprint density at radius 1 is 0.466 bits per heavy atom. The fraction of sp³-hybridized carbons (Fsp3) is 0.469. The zero-order valence-corrected chi connectivity index (χ0v) is 36.5. The summed E-state index contributed by atoms with van der Waals surface area (Å²) in [5.41, 5.74) is 0. The van der Waals surface area contributed by atoms with Gasteiger partial charge >= 0.3 is 19.8 Å². The van der Waals surface area contributed by atoms with Gasteiger partial charge < -0.3 is 14.4 Å². The van der Waals surface area contributed by atoms with E-state index >= 15 is 0 Å². The van der Waals surface area contributed by atoms with Crippen LogP contribution in [-0.4, -0.2) is 42.8 Å². The molecule has 0 aliphatic carbocycles. The third-order valence-electron chi connectivity index (χ3n) is 8.10. The van der Waals surface area contributed by atoms with E-state index in [0.29, 0.717) is 0 Å². The summed E-state index contributed by atoms with van der Waals surface area (Å²) in [7, 11) is -4.37. The van der Waals surface area contributed by atoms with E-state index in [-0.39, 0.29) is 6.61 Å². The lowest BCUT2D eigenvalue weighted by Crippen LogP contribution is -2.28. The molecule has 0 amide bonds. The molecular formula is C49H73O8P. The number of unbranched alkanes of at least 4 members (excludes halogenated alkanes) is 14. The highest BCUT2D eigenvalue weighted by Crippen LogP contribution is 2.43. The molecule has 0 aromatic heterocycles. The van der Waals surface area contributed by atoms with Gasteiger partial charge in [0.25, 0.3) is 0 Å². The summed E-state index contributed by atoms with van der Waals surface area (Å²) >= 11 is 0. The van der Waals surface area contributed by atoms with Crippen molar-refractivity contribution in [3.63, 3.8) is 0 Å². The van der Waals surface area contributed by atoms with Crippen molar-refractivity contribution in [1.82, 2.24) is 0 Å². The van der Waals surface area contributed by atoms with Gasteiger partial charge in [-0.05, 0) is 32.6 Å². The van der Waals surface area contributed by atoms with Crippen LogP contribution >= 0.6 is 7.82 Å². The number of phosphoric ester groups is 1. The first-order chi connectivity index (χ1) is 28.3. The summed E-state index contributed by atoms with van der Waals surface area (Å²) in [6.45, 7) is 5.03. The zero-order valence-electron chi connectivity index (χ0n) is 35.6. The Balaban J connectivity index is 4.61. The van der Waals surface area contributed by atoms with E-state index in [2.05, 4.69) is 38.2 Å². The highest BCUT2D eigenvalue weighted by atomic mass is 31.2. The molecule has 322 valence electrons. The summed E-state index contributed by atoms with van der Waals surface area (Å²) < 4.78 is 32.1. The van der Waals surface area contributed by atoms with E-state index in [1.165, 1.54) is 121 Å². The predicted molar refractivity (Wildman–Crippen MR) is 243 cm³/mol. The van der Waals surface area contributed by atoms with E-state index in [1.54, 1.807) is 24.3 Å². The van der Waals surface area contributed by atoms with E-state index in [0.717, 1.165) is 12.8 Å². The number of esters is 2. The molecule has 0 fully saturated rings. The zero-order chi connectivity index (χ0) is 42.5. The summed E-state index contributed by atoms with van der Waals surface area (Å²) in [5.74, 6) is -1.45. The van der Waals surface area contributed by atoms with Crippen LogP contribution in [0.3, 0.4) is 0 Å². The minimum absolute atomic E-state index is 0.0577.